The van der Waals surface area contributed by atoms with Crippen molar-refractivity contribution in [1.29, 1.82) is 0 Å². The molecule has 0 aliphatic rings. The highest BCUT2D eigenvalue weighted by molar-refractivity contribution is 7.47. The van der Waals surface area contributed by atoms with Crippen LogP contribution in [0.5, 0.6) is 0 Å². The van der Waals surface area contributed by atoms with Crippen LogP contribution in [0, 0.1) is 0 Å². The number of carbonyl (C=O) groups excluding carboxylic acids is 2. The van der Waals surface area contributed by atoms with Gasteiger partial charge in [0.15, 0.2) is 6.10 Å². The van der Waals surface area contributed by atoms with E-state index >= 15 is 0 Å². The van der Waals surface area contributed by atoms with Gasteiger partial charge in [-0.05, 0) is 116 Å². The second-order valence-corrected chi connectivity index (χ2v) is 22.0. The largest absolute Gasteiger partial charge is 0.472 e. The lowest BCUT2D eigenvalue weighted by molar-refractivity contribution is -0.161. The Morgan fingerprint density at radius 1 is 0.392 bits per heavy atom. The molecule has 0 radical (unpaired) electrons. The normalized spacial score (nSPS) is 13.9. The second-order valence-electron chi connectivity index (χ2n) is 20.5. The highest BCUT2D eigenvalue weighted by atomic mass is 31.2. The molecule has 450 valence electrons. The van der Waals surface area contributed by atoms with E-state index in [4.69, 9.17) is 24.3 Å². The number of carbonyl (C=O) groups is 2. The van der Waals surface area contributed by atoms with Gasteiger partial charge < -0.3 is 20.1 Å². The van der Waals surface area contributed by atoms with Gasteiger partial charge in [0, 0.05) is 19.4 Å². The highest BCUT2D eigenvalue weighted by Gasteiger charge is 2.26. The average molecular weight is 1120 g/mol. The molecule has 0 fully saturated rings. The minimum Gasteiger partial charge on any atom is -0.462 e. The molecule has 0 rings (SSSR count). The van der Waals surface area contributed by atoms with Gasteiger partial charge in [0.25, 0.3) is 0 Å². The van der Waals surface area contributed by atoms with E-state index in [1.165, 1.54) is 103 Å². The number of esters is 2. The first-order valence-electron chi connectivity index (χ1n) is 31.7. The Kier molecular flexibility index (Phi) is 60.2. The maximum atomic E-state index is 12.7. The molecule has 0 aliphatic carbocycles. The maximum Gasteiger partial charge on any atom is 0.472 e. The third kappa shape index (κ3) is 63.2. The van der Waals surface area contributed by atoms with Crippen molar-refractivity contribution in [3.63, 3.8) is 0 Å². The molecule has 0 spiro atoms. The molecule has 79 heavy (non-hydrogen) atoms. The summed E-state index contributed by atoms with van der Waals surface area (Å²) >= 11 is 0. The van der Waals surface area contributed by atoms with E-state index in [0.29, 0.717) is 12.8 Å². The Morgan fingerprint density at radius 3 is 1.04 bits per heavy atom. The lowest BCUT2D eigenvalue weighted by atomic mass is 10.0. The molecule has 0 bridgehead atoms. The van der Waals surface area contributed by atoms with E-state index < -0.39 is 32.5 Å². The topological polar surface area (TPSA) is 134 Å². The van der Waals surface area contributed by atoms with Crippen LogP contribution in [0.25, 0.3) is 0 Å². The molecular weight excluding hydrogens is 1000 g/mol. The lowest BCUT2D eigenvalue weighted by Crippen LogP contribution is -2.29. The van der Waals surface area contributed by atoms with Crippen LogP contribution in [0.15, 0.2) is 134 Å². The third-order valence-corrected chi connectivity index (χ3v) is 14.0. The van der Waals surface area contributed by atoms with Gasteiger partial charge >= 0.3 is 19.8 Å². The highest BCUT2D eigenvalue weighted by Crippen LogP contribution is 2.43. The number of ether oxygens (including phenoxy) is 2. The Hall–Kier alpha value is -3.85. The lowest BCUT2D eigenvalue weighted by Gasteiger charge is -2.19. The van der Waals surface area contributed by atoms with Crippen molar-refractivity contribution in [2.24, 2.45) is 5.73 Å². The summed E-state index contributed by atoms with van der Waals surface area (Å²) in [4.78, 5) is 35.2. The second kappa shape index (κ2) is 63.3. The first kappa shape index (κ1) is 75.2. The molecule has 0 heterocycles. The van der Waals surface area contributed by atoms with Crippen LogP contribution in [0.2, 0.25) is 0 Å². The number of rotatable bonds is 58. The summed E-state index contributed by atoms with van der Waals surface area (Å²) in [5, 5.41) is 0. The quantitative estimate of drug-likeness (QED) is 0.0264. The van der Waals surface area contributed by atoms with E-state index in [1.807, 2.05) is 0 Å². The van der Waals surface area contributed by atoms with E-state index in [-0.39, 0.29) is 32.6 Å². The van der Waals surface area contributed by atoms with Crippen molar-refractivity contribution in [2.75, 3.05) is 26.4 Å². The Labute approximate surface area is 484 Å². The van der Waals surface area contributed by atoms with Gasteiger partial charge in [0.2, 0.25) is 0 Å². The zero-order chi connectivity index (χ0) is 57.3. The predicted molar refractivity (Wildman–Crippen MR) is 339 cm³/mol. The number of allylic oxidation sites excluding steroid dienone is 22. The van der Waals surface area contributed by atoms with Crippen LogP contribution < -0.4 is 5.73 Å². The Morgan fingerprint density at radius 2 is 0.696 bits per heavy atom. The summed E-state index contributed by atoms with van der Waals surface area (Å²) < 4.78 is 33.1. The summed E-state index contributed by atoms with van der Waals surface area (Å²) in [6.07, 6.45) is 89.5. The molecule has 0 saturated carbocycles. The van der Waals surface area contributed by atoms with E-state index in [0.717, 1.165) is 116 Å². The molecule has 9 nitrogen and oxygen atoms in total. The minimum atomic E-state index is -4.40. The van der Waals surface area contributed by atoms with Crippen molar-refractivity contribution in [2.45, 2.75) is 264 Å². The van der Waals surface area contributed by atoms with Crippen molar-refractivity contribution in [1.82, 2.24) is 0 Å². The van der Waals surface area contributed by atoms with Gasteiger partial charge in [0.05, 0.1) is 13.2 Å². The number of hydrogen-bond donors (Lipinski definition) is 2. The van der Waals surface area contributed by atoms with Crippen LogP contribution in [-0.4, -0.2) is 49.3 Å². The first-order chi connectivity index (χ1) is 38.8. The molecule has 2 unspecified atom stereocenters. The molecule has 0 aliphatic heterocycles. The number of hydrogen-bond acceptors (Lipinski definition) is 8. The van der Waals surface area contributed by atoms with Crippen molar-refractivity contribution >= 4 is 19.8 Å². The zero-order valence-corrected chi connectivity index (χ0v) is 51.2. The third-order valence-electron chi connectivity index (χ3n) is 13.0. The van der Waals surface area contributed by atoms with Gasteiger partial charge in [-0.15, -0.1) is 0 Å². The van der Waals surface area contributed by atoms with Gasteiger partial charge in [-0.25, -0.2) is 4.57 Å². The molecule has 0 amide bonds. The molecule has 0 aromatic carbocycles. The minimum absolute atomic E-state index is 0.0461. The Balaban J connectivity index is 3.93. The molecule has 0 aromatic heterocycles. The molecule has 2 atom stereocenters. The number of phosphoric acid groups is 1. The van der Waals surface area contributed by atoms with Crippen LogP contribution in [0.4, 0.5) is 0 Å². The van der Waals surface area contributed by atoms with Gasteiger partial charge in [-0.1, -0.05) is 263 Å². The van der Waals surface area contributed by atoms with Gasteiger partial charge in [-0.2, -0.15) is 0 Å². The number of unbranched alkanes of at least 4 members (excludes halogenated alkanes) is 23. The fourth-order valence-electron chi connectivity index (χ4n) is 8.36. The summed E-state index contributed by atoms with van der Waals surface area (Å²) in [5.41, 5.74) is 5.39. The number of nitrogens with two attached hydrogens (primary N) is 1. The van der Waals surface area contributed by atoms with Crippen molar-refractivity contribution < 1.29 is 37.6 Å². The molecule has 0 aromatic rings. The van der Waals surface area contributed by atoms with Gasteiger partial charge in [0.1, 0.15) is 6.61 Å². The summed E-state index contributed by atoms with van der Waals surface area (Å²) in [7, 11) is -4.40. The predicted octanol–water partition coefficient (Wildman–Crippen LogP) is 20.5. The van der Waals surface area contributed by atoms with Crippen molar-refractivity contribution in [3.8, 4) is 0 Å². The van der Waals surface area contributed by atoms with Crippen LogP contribution in [-0.2, 0) is 32.7 Å². The fraction of sp³-hybridized carbons (Fsp3) is 0.652. The van der Waals surface area contributed by atoms with E-state index in [1.54, 1.807) is 0 Å². The van der Waals surface area contributed by atoms with Crippen LogP contribution >= 0.6 is 7.82 Å². The SMILES string of the molecule is CC/C=C\C/C=C\C/C=C\C/C=C\C/C=C\C/C=C\C/C=C\C/C=C\CCCCCCCCCCCCCCCCC(=O)OC(COC(=O)CCCCCCCC/C=C\C/C=C\C/C=C\CCCCC)COP(=O)(O)OCCN. The van der Waals surface area contributed by atoms with Crippen molar-refractivity contribution in [3.05, 3.63) is 134 Å². The number of phosphoric ester groups is 1. The molecule has 0 saturated heterocycles. The summed E-state index contributed by atoms with van der Waals surface area (Å²) in [6.45, 7) is 3.59. The summed E-state index contributed by atoms with van der Waals surface area (Å²) in [6, 6.07) is 0. The first-order valence-corrected chi connectivity index (χ1v) is 33.2. The average Bonchev–Trinajstić information content (AvgIpc) is 3.44. The van der Waals surface area contributed by atoms with E-state index in [2.05, 4.69) is 148 Å². The molecular formula is C69H116NO8P. The monoisotopic (exact) mass is 1120 g/mol. The fourth-order valence-corrected chi connectivity index (χ4v) is 9.13. The molecule has 3 N–H and O–H groups in total. The van der Waals surface area contributed by atoms with E-state index in [9.17, 15) is 19.0 Å². The standard InChI is InChI=1S/C69H116NO8P/c1-3-5-7-9-11-13-15-17-19-21-23-24-25-26-27-28-29-30-31-32-33-34-35-36-37-38-39-40-41-42-44-46-48-50-52-54-56-58-60-62-69(72)78-67(66-77-79(73,74)76-64-63-70)65-75-68(71)61-59-57-55-53-51-49-47-45-43-22-20-18-16-14-12-10-8-6-4-2/h5,7,11-14,17-20,23-24,26-27,29-30,32-33,35-36,43,45,67H,3-4,6,8-10,15-16,21-22,25,28,31,34,37-42,44,46-66,70H2,1-2H3,(H,73,74)/b7-5-,13-11-,14-12-,19-17-,20-18-,24-23-,27-26-,30-29-,33-32-,36-35-,45-43-. The zero-order valence-electron chi connectivity index (χ0n) is 50.3. The maximum absolute atomic E-state index is 12.7. The van der Waals surface area contributed by atoms with Crippen LogP contribution in [0.1, 0.15) is 258 Å². The summed E-state index contributed by atoms with van der Waals surface area (Å²) in [5.74, 6) is -0.846. The van der Waals surface area contributed by atoms with Gasteiger partial charge in [-0.3, -0.25) is 18.6 Å². The Bertz CT molecular complexity index is 1750. The molecule has 10 heteroatoms. The smallest absolute Gasteiger partial charge is 0.462 e. The van der Waals surface area contributed by atoms with Crippen LogP contribution in [0.3, 0.4) is 0 Å².